The molecule has 1 aromatic rings. The summed E-state index contributed by atoms with van der Waals surface area (Å²) in [5.41, 5.74) is 0.939. The highest BCUT2D eigenvalue weighted by atomic mass is 16.5. The van der Waals surface area contributed by atoms with Gasteiger partial charge in [-0.1, -0.05) is 19.9 Å². The molecule has 0 saturated carbocycles. The predicted molar refractivity (Wildman–Crippen MR) is 90.5 cm³/mol. The Labute approximate surface area is 134 Å². The fourth-order valence-electron chi connectivity index (χ4n) is 3.29. The molecule has 1 heterocycles. The number of benzene rings is 1. The number of carbonyl (C=O) groups excluding carboxylic acids is 1. The largest absolute Gasteiger partial charge is 0.497 e. The predicted octanol–water partition coefficient (Wildman–Crippen LogP) is 3.17. The van der Waals surface area contributed by atoms with E-state index in [0.29, 0.717) is 5.92 Å². The minimum absolute atomic E-state index is 0.107. The number of ether oxygens (including phenoxy) is 1. The van der Waals surface area contributed by atoms with Gasteiger partial charge in [0.1, 0.15) is 5.75 Å². The van der Waals surface area contributed by atoms with Gasteiger partial charge in [-0.2, -0.15) is 0 Å². The summed E-state index contributed by atoms with van der Waals surface area (Å²) in [6.07, 6.45) is 2.06. The van der Waals surface area contributed by atoms with Gasteiger partial charge in [-0.25, -0.2) is 0 Å². The quantitative estimate of drug-likeness (QED) is 0.837. The van der Waals surface area contributed by atoms with E-state index in [2.05, 4.69) is 18.7 Å². The summed E-state index contributed by atoms with van der Waals surface area (Å²) >= 11 is 0. The maximum atomic E-state index is 12.2. The van der Waals surface area contributed by atoms with Crippen LogP contribution in [-0.2, 0) is 4.79 Å². The van der Waals surface area contributed by atoms with Crippen molar-refractivity contribution in [2.45, 2.75) is 39.7 Å². The van der Waals surface area contributed by atoms with Gasteiger partial charge in [0.25, 0.3) is 0 Å². The van der Waals surface area contributed by atoms with Crippen LogP contribution < -0.4 is 9.64 Å². The number of likely N-dealkylation sites (tertiary alicyclic amines) is 1. The molecule has 0 unspecified atom stereocenters. The topological polar surface area (TPSA) is 32.8 Å². The average Bonchev–Trinajstić information content (AvgIpc) is 2.48. The highest BCUT2D eigenvalue weighted by Gasteiger charge is 2.27. The molecule has 1 aromatic carbocycles. The van der Waals surface area contributed by atoms with Gasteiger partial charge in [0, 0.05) is 44.4 Å². The number of piperidine rings is 1. The van der Waals surface area contributed by atoms with Crippen LogP contribution in [0.5, 0.6) is 5.75 Å². The SMILES string of the molecule is COc1cccc(N(C(C)=O)C2CCN(CC(C)C)CC2)c1. The van der Waals surface area contributed by atoms with Crippen LogP contribution in [0.4, 0.5) is 5.69 Å². The first-order valence-corrected chi connectivity index (χ1v) is 8.17. The van der Waals surface area contributed by atoms with Crippen LogP contribution in [0.2, 0.25) is 0 Å². The Bertz CT molecular complexity index is 494. The smallest absolute Gasteiger partial charge is 0.224 e. The Hall–Kier alpha value is -1.55. The lowest BCUT2D eigenvalue weighted by Crippen LogP contribution is -2.47. The Morgan fingerprint density at radius 1 is 1.36 bits per heavy atom. The van der Waals surface area contributed by atoms with E-state index < -0.39 is 0 Å². The number of anilines is 1. The van der Waals surface area contributed by atoms with Gasteiger partial charge < -0.3 is 14.5 Å². The summed E-state index contributed by atoms with van der Waals surface area (Å²) in [6.45, 7) is 9.44. The minimum atomic E-state index is 0.107. The molecular formula is C18H28N2O2. The van der Waals surface area contributed by atoms with Crippen molar-refractivity contribution >= 4 is 11.6 Å². The van der Waals surface area contributed by atoms with Gasteiger partial charge in [0.2, 0.25) is 5.91 Å². The first-order chi connectivity index (χ1) is 10.5. The monoisotopic (exact) mass is 304 g/mol. The van der Waals surface area contributed by atoms with Crippen molar-refractivity contribution in [3.05, 3.63) is 24.3 Å². The zero-order valence-electron chi connectivity index (χ0n) is 14.2. The lowest BCUT2D eigenvalue weighted by Gasteiger charge is -2.38. The highest BCUT2D eigenvalue weighted by Crippen LogP contribution is 2.27. The summed E-state index contributed by atoms with van der Waals surface area (Å²) in [5, 5.41) is 0. The van der Waals surface area contributed by atoms with Gasteiger partial charge in [0.05, 0.1) is 7.11 Å². The zero-order chi connectivity index (χ0) is 16.1. The first kappa shape index (κ1) is 16.8. The molecule has 1 amide bonds. The molecule has 1 saturated heterocycles. The van der Waals surface area contributed by atoms with E-state index in [4.69, 9.17) is 4.74 Å². The molecule has 1 aliphatic heterocycles. The van der Waals surface area contributed by atoms with E-state index in [0.717, 1.165) is 43.9 Å². The second kappa shape index (κ2) is 7.63. The molecule has 0 radical (unpaired) electrons. The Morgan fingerprint density at radius 2 is 2.05 bits per heavy atom. The van der Waals surface area contributed by atoms with E-state index in [9.17, 15) is 4.79 Å². The fraction of sp³-hybridized carbons (Fsp3) is 0.611. The second-order valence-corrected chi connectivity index (χ2v) is 6.52. The van der Waals surface area contributed by atoms with Crippen LogP contribution in [0.1, 0.15) is 33.6 Å². The third-order valence-corrected chi connectivity index (χ3v) is 4.22. The molecule has 0 spiro atoms. The maximum Gasteiger partial charge on any atom is 0.224 e. The van der Waals surface area contributed by atoms with Crippen molar-refractivity contribution in [2.24, 2.45) is 5.92 Å². The number of amides is 1. The number of carbonyl (C=O) groups is 1. The zero-order valence-corrected chi connectivity index (χ0v) is 14.2. The van der Waals surface area contributed by atoms with Gasteiger partial charge in [-0.05, 0) is 30.9 Å². The second-order valence-electron chi connectivity index (χ2n) is 6.52. The Balaban J connectivity index is 2.08. The molecular weight excluding hydrogens is 276 g/mol. The lowest BCUT2D eigenvalue weighted by atomic mass is 10.0. The maximum absolute atomic E-state index is 12.2. The fourth-order valence-corrected chi connectivity index (χ4v) is 3.29. The summed E-state index contributed by atoms with van der Waals surface area (Å²) in [4.78, 5) is 16.6. The van der Waals surface area contributed by atoms with Crippen molar-refractivity contribution in [1.29, 1.82) is 0 Å². The number of methoxy groups -OCH3 is 1. The van der Waals surface area contributed by atoms with Crippen molar-refractivity contribution in [3.63, 3.8) is 0 Å². The van der Waals surface area contributed by atoms with Crippen molar-refractivity contribution in [1.82, 2.24) is 4.90 Å². The molecule has 0 bridgehead atoms. The number of hydrogen-bond donors (Lipinski definition) is 0. The molecule has 1 fully saturated rings. The normalized spacial score (nSPS) is 16.8. The van der Waals surface area contributed by atoms with Gasteiger partial charge >= 0.3 is 0 Å². The molecule has 0 aliphatic carbocycles. The summed E-state index contributed by atoms with van der Waals surface area (Å²) in [5.74, 6) is 1.59. The number of rotatable bonds is 5. The number of nitrogens with zero attached hydrogens (tertiary/aromatic N) is 2. The molecule has 4 nitrogen and oxygen atoms in total. The van der Waals surface area contributed by atoms with Crippen LogP contribution in [0.15, 0.2) is 24.3 Å². The van der Waals surface area contributed by atoms with Crippen molar-refractivity contribution < 1.29 is 9.53 Å². The minimum Gasteiger partial charge on any atom is -0.497 e. The molecule has 4 heteroatoms. The summed E-state index contributed by atoms with van der Waals surface area (Å²) in [6, 6.07) is 8.07. The first-order valence-electron chi connectivity index (χ1n) is 8.17. The van der Waals surface area contributed by atoms with Crippen molar-refractivity contribution in [2.75, 3.05) is 31.6 Å². The van der Waals surface area contributed by atoms with Gasteiger partial charge in [-0.3, -0.25) is 4.79 Å². The molecule has 0 N–H and O–H groups in total. The van der Waals surface area contributed by atoms with Crippen LogP contribution in [-0.4, -0.2) is 43.6 Å². The average molecular weight is 304 g/mol. The van der Waals surface area contributed by atoms with Crippen molar-refractivity contribution in [3.8, 4) is 5.75 Å². The van der Waals surface area contributed by atoms with Gasteiger partial charge in [0.15, 0.2) is 0 Å². The Kier molecular flexibility index (Phi) is 5.83. The Morgan fingerprint density at radius 3 is 2.59 bits per heavy atom. The molecule has 1 aliphatic rings. The molecule has 22 heavy (non-hydrogen) atoms. The lowest BCUT2D eigenvalue weighted by molar-refractivity contribution is -0.117. The molecule has 0 aromatic heterocycles. The van der Waals surface area contributed by atoms with Crippen LogP contribution in [0, 0.1) is 5.92 Å². The highest BCUT2D eigenvalue weighted by molar-refractivity contribution is 5.92. The third kappa shape index (κ3) is 4.23. The molecule has 0 atom stereocenters. The van der Waals surface area contributed by atoms with Gasteiger partial charge in [-0.15, -0.1) is 0 Å². The molecule has 2 rings (SSSR count). The van der Waals surface area contributed by atoms with E-state index >= 15 is 0 Å². The van der Waals surface area contributed by atoms with E-state index in [1.54, 1.807) is 14.0 Å². The standard InChI is InChI=1S/C18H28N2O2/c1-14(2)13-19-10-8-16(9-11-19)20(15(3)21)17-6-5-7-18(12-17)22-4/h5-7,12,14,16H,8-11,13H2,1-4H3. The third-order valence-electron chi connectivity index (χ3n) is 4.22. The summed E-state index contributed by atoms with van der Waals surface area (Å²) in [7, 11) is 1.65. The summed E-state index contributed by atoms with van der Waals surface area (Å²) < 4.78 is 5.29. The van der Waals surface area contributed by atoms with E-state index in [-0.39, 0.29) is 11.9 Å². The van der Waals surface area contributed by atoms with Crippen LogP contribution >= 0.6 is 0 Å². The van der Waals surface area contributed by atoms with Crippen LogP contribution in [0.25, 0.3) is 0 Å². The van der Waals surface area contributed by atoms with E-state index in [1.165, 1.54) is 0 Å². The van der Waals surface area contributed by atoms with E-state index in [1.807, 2.05) is 29.2 Å². The number of hydrogen-bond acceptors (Lipinski definition) is 3. The molecule has 122 valence electrons. The van der Waals surface area contributed by atoms with Crippen LogP contribution in [0.3, 0.4) is 0 Å².